The maximum atomic E-state index is 10.6. The summed E-state index contributed by atoms with van der Waals surface area (Å²) in [5, 5.41) is 18.8. The number of hydrogen-bond donors (Lipinski definition) is 2. The van der Waals surface area contributed by atoms with Gasteiger partial charge in [-0.25, -0.2) is 4.79 Å². The van der Waals surface area contributed by atoms with E-state index >= 15 is 0 Å². The highest BCUT2D eigenvalue weighted by Crippen LogP contribution is 2.16. The molecule has 0 saturated carbocycles. The van der Waals surface area contributed by atoms with Gasteiger partial charge in [0.25, 0.3) is 0 Å². The van der Waals surface area contributed by atoms with Gasteiger partial charge in [0.1, 0.15) is 0 Å². The molecule has 1 rings (SSSR count). The van der Waals surface area contributed by atoms with E-state index in [2.05, 4.69) is 11.4 Å². The zero-order chi connectivity index (χ0) is 13.3. The third-order valence-corrected chi connectivity index (χ3v) is 2.37. The van der Waals surface area contributed by atoms with Crippen LogP contribution in [0.4, 0.5) is 13.2 Å². The van der Waals surface area contributed by atoms with Crippen molar-refractivity contribution >= 4 is 5.97 Å². The fraction of sp³-hybridized carbons (Fsp3) is 0.800. The molecule has 0 aromatic rings. The summed E-state index contributed by atoms with van der Waals surface area (Å²) < 4.78 is 31.7. The normalized spacial score (nSPS) is 16.6. The minimum Gasteiger partial charge on any atom is -0.475 e. The van der Waals surface area contributed by atoms with Crippen LogP contribution in [0.25, 0.3) is 0 Å². The molecule has 0 aromatic heterocycles. The van der Waals surface area contributed by atoms with Gasteiger partial charge in [0.15, 0.2) is 0 Å². The summed E-state index contributed by atoms with van der Waals surface area (Å²) >= 11 is 0. The van der Waals surface area contributed by atoms with E-state index in [0.29, 0.717) is 0 Å². The summed E-state index contributed by atoms with van der Waals surface area (Å²) in [6.07, 6.45) is -0.702. The molecule has 1 aliphatic heterocycles. The lowest BCUT2D eigenvalue weighted by Gasteiger charge is -2.21. The number of nitrogens with one attached hydrogen (secondary N) is 1. The number of carbonyl (C=O) groups is 1. The van der Waals surface area contributed by atoms with Crippen molar-refractivity contribution in [3.05, 3.63) is 0 Å². The van der Waals surface area contributed by atoms with Gasteiger partial charge >= 0.3 is 12.1 Å². The Balaban J connectivity index is 0.000000325. The molecule has 4 nitrogen and oxygen atoms in total. The summed E-state index contributed by atoms with van der Waals surface area (Å²) in [4.78, 5) is 8.90. The summed E-state index contributed by atoms with van der Waals surface area (Å²) in [5.41, 5.74) is 0. The molecular weight excluding hydrogens is 237 g/mol. The average molecular weight is 252 g/mol. The van der Waals surface area contributed by atoms with Crippen molar-refractivity contribution in [1.82, 2.24) is 5.32 Å². The van der Waals surface area contributed by atoms with E-state index in [1.165, 1.54) is 12.8 Å². The number of halogens is 3. The smallest absolute Gasteiger partial charge is 0.475 e. The molecule has 0 radical (unpaired) electrons. The topological polar surface area (TPSA) is 73.1 Å². The number of carboxylic acid groups (broad SMARTS) is 1. The van der Waals surface area contributed by atoms with Crippen molar-refractivity contribution in [2.24, 2.45) is 5.92 Å². The van der Waals surface area contributed by atoms with Crippen LogP contribution in [0.15, 0.2) is 0 Å². The number of hydrogen-bond acceptors (Lipinski definition) is 3. The van der Waals surface area contributed by atoms with E-state index in [1.807, 2.05) is 0 Å². The van der Waals surface area contributed by atoms with E-state index in [1.54, 1.807) is 0 Å². The third kappa shape index (κ3) is 8.51. The molecule has 0 aliphatic carbocycles. The Labute approximate surface area is 97.4 Å². The molecule has 1 saturated heterocycles. The Bertz CT molecular complexity index is 268. The van der Waals surface area contributed by atoms with Crippen molar-refractivity contribution < 1.29 is 23.1 Å². The van der Waals surface area contributed by atoms with E-state index in [4.69, 9.17) is 15.2 Å². The molecule has 1 heterocycles. The van der Waals surface area contributed by atoms with Crippen LogP contribution in [0.5, 0.6) is 0 Å². The fourth-order valence-corrected chi connectivity index (χ4v) is 1.44. The van der Waals surface area contributed by atoms with E-state index in [-0.39, 0.29) is 0 Å². The molecule has 0 aromatic carbocycles. The van der Waals surface area contributed by atoms with Crippen LogP contribution in [-0.2, 0) is 4.79 Å². The molecular formula is C10H15F3N2O2. The number of piperidine rings is 1. The van der Waals surface area contributed by atoms with Crippen molar-refractivity contribution in [2.75, 3.05) is 13.1 Å². The first-order chi connectivity index (χ1) is 7.88. The Kier molecular flexibility index (Phi) is 7.30. The summed E-state index contributed by atoms with van der Waals surface area (Å²) in [7, 11) is 0. The summed E-state index contributed by atoms with van der Waals surface area (Å²) in [6, 6.07) is 2.19. The van der Waals surface area contributed by atoms with Crippen LogP contribution < -0.4 is 5.32 Å². The van der Waals surface area contributed by atoms with Crippen LogP contribution in [0.1, 0.15) is 25.7 Å². The number of alkyl halides is 3. The molecule has 98 valence electrons. The molecule has 17 heavy (non-hydrogen) atoms. The second kappa shape index (κ2) is 7.90. The molecule has 0 unspecified atom stereocenters. The molecule has 1 aliphatic rings. The fourth-order valence-electron chi connectivity index (χ4n) is 1.44. The van der Waals surface area contributed by atoms with Gasteiger partial charge in [-0.05, 0) is 38.3 Å². The van der Waals surface area contributed by atoms with Crippen LogP contribution in [0.2, 0.25) is 0 Å². The van der Waals surface area contributed by atoms with Crippen molar-refractivity contribution in [3.8, 4) is 6.07 Å². The maximum Gasteiger partial charge on any atom is 0.490 e. The second-order valence-electron chi connectivity index (χ2n) is 3.69. The maximum absolute atomic E-state index is 10.6. The Morgan fingerprint density at radius 1 is 1.41 bits per heavy atom. The zero-order valence-corrected chi connectivity index (χ0v) is 9.26. The average Bonchev–Trinajstić information content (AvgIpc) is 2.27. The molecule has 0 spiro atoms. The predicted molar refractivity (Wildman–Crippen MR) is 54.1 cm³/mol. The third-order valence-electron chi connectivity index (χ3n) is 2.37. The highest BCUT2D eigenvalue weighted by atomic mass is 19.4. The number of rotatable bonds is 2. The first-order valence-corrected chi connectivity index (χ1v) is 5.25. The largest absolute Gasteiger partial charge is 0.490 e. The van der Waals surface area contributed by atoms with Gasteiger partial charge in [0.2, 0.25) is 0 Å². The lowest BCUT2D eigenvalue weighted by Crippen LogP contribution is -2.27. The van der Waals surface area contributed by atoms with Crippen LogP contribution in [-0.4, -0.2) is 30.3 Å². The Hall–Kier alpha value is -1.29. The standard InChI is InChI=1S/C8H14N2.C2HF3O2/c9-5-1-2-8-3-6-10-7-4-8;3-2(4,5)1(6)7/h8,10H,1-4,6-7H2;(H,6,7). The van der Waals surface area contributed by atoms with Crippen molar-refractivity contribution in [2.45, 2.75) is 31.9 Å². The van der Waals surface area contributed by atoms with Gasteiger partial charge in [0.05, 0.1) is 6.07 Å². The quantitative estimate of drug-likeness (QED) is 0.787. The second-order valence-corrected chi connectivity index (χ2v) is 3.69. The van der Waals surface area contributed by atoms with Gasteiger partial charge in [-0.1, -0.05) is 0 Å². The molecule has 7 heteroatoms. The van der Waals surface area contributed by atoms with Gasteiger partial charge in [-0.15, -0.1) is 0 Å². The lowest BCUT2D eigenvalue weighted by atomic mass is 9.94. The van der Waals surface area contributed by atoms with Crippen molar-refractivity contribution in [1.29, 1.82) is 5.26 Å². The zero-order valence-electron chi connectivity index (χ0n) is 9.26. The SMILES string of the molecule is N#CCCC1CCNCC1.O=C(O)C(F)(F)F. The van der Waals surface area contributed by atoms with Crippen LogP contribution in [0, 0.1) is 17.2 Å². The minimum absolute atomic E-state index is 0.741. The first-order valence-electron chi connectivity index (χ1n) is 5.25. The van der Waals surface area contributed by atoms with E-state index < -0.39 is 12.1 Å². The Morgan fingerprint density at radius 2 is 1.88 bits per heavy atom. The molecule has 2 N–H and O–H groups in total. The number of nitriles is 1. The van der Waals surface area contributed by atoms with Gasteiger partial charge < -0.3 is 10.4 Å². The molecule has 0 bridgehead atoms. The number of carboxylic acids is 1. The minimum atomic E-state index is -5.08. The predicted octanol–water partition coefficient (Wildman–Crippen LogP) is 1.92. The van der Waals surface area contributed by atoms with Gasteiger partial charge in [0, 0.05) is 6.42 Å². The number of aliphatic carboxylic acids is 1. The first kappa shape index (κ1) is 15.7. The molecule has 1 fully saturated rings. The van der Waals surface area contributed by atoms with Crippen molar-refractivity contribution in [3.63, 3.8) is 0 Å². The highest BCUT2D eigenvalue weighted by molar-refractivity contribution is 5.73. The Morgan fingerprint density at radius 3 is 2.24 bits per heavy atom. The monoisotopic (exact) mass is 252 g/mol. The molecule has 0 amide bonds. The summed E-state index contributed by atoms with van der Waals surface area (Å²) in [5.74, 6) is -1.94. The van der Waals surface area contributed by atoms with Crippen LogP contribution >= 0.6 is 0 Å². The van der Waals surface area contributed by atoms with E-state index in [0.717, 1.165) is 31.8 Å². The van der Waals surface area contributed by atoms with Gasteiger partial charge in [-0.2, -0.15) is 18.4 Å². The highest BCUT2D eigenvalue weighted by Gasteiger charge is 2.38. The lowest BCUT2D eigenvalue weighted by molar-refractivity contribution is -0.192. The van der Waals surface area contributed by atoms with Crippen LogP contribution in [0.3, 0.4) is 0 Å². The van der Waals surface area contributed by atoms with E-state index in [9.17, 15) is 13.2 Å². The van der Waals surface area contributed by atoms with Gasteiger partial charge in [-0.3, -0.25) is 0 Å². The number of nitrogens with zero attached hydrogens (tertiary/aromatic N) is 1. The summed E-state index contributed by atoms with van der Waals surface area (Å²) in [6.45, 7) is 2.30. The molecule has 0 atom stereocenters.